The van der Waals surface area contributed by atoms with Gasteiger partial charge in [0, 0.05) is 5.92 Å². The summed E-state index contributed by atoms with van der Waals surface area (Å²) < 4.78 is 0. The zero-order valence-electron chi connectivity index (χ0n) is 9.24. The average molecular weight is 263 g/mol. The van der Waals surface area contributed by atoms with Crippen LogP contribution in [0.25, 0.3) is 0 Å². The van der Waals surface area contributed by atoms with Crippen molar-refractivity contribution >= 4 is 23.2 Å². The van der Waals surface area contributed by atoms with E-state index in [-0.39, 0.29) is 5.92 Å². The standard InChI is InChI=1S/C15H12Cl2/c1-2-13(11-6-4-3-5-7-11)12-8-9-14(16)15(17)10-12/h2-10,13H,1H2/t13-/m0/s1. The molecule has 0 radical (unpaired) electrons. The number of hydrogen-bond acceptors (Lipinski definition) is 0. The summed E-state index contributed by atoms with van der Waals surface area (Å²) in [5, 5.41) is 1.15. The van der Waals surface area contributed by atoms with Crippen molar-refractivity contribution in [3.05, 3.63) is 82.4 Å². The van der Waals surface area contributed by atoms with E-state index >= 15 is 0 Å². The fraction of sp³-hybridized carbons (Fsp3) is 0.0667. The van der Waals surface area contributed by atoms with Gasteiger partial charge in [0.2, 0.25) is 0 Å². The minimum absolute atomic E-state index is 0.144. The van der Waals surface area contributed by atoms with Gasteiger partial charge in [-0.1, -0.05) is 65.7 Å². The lowest BCUT2D eigenvalue weighted by Gasteiger charge is -2.14. The predicted molar refractivity (Wildman–Crippen MR) is 74.9 cm³/mol. The Balaban J connectivity index is 2.42. The fourth-order valence-electron chi connectivity index (χ4n) is 1.83. The Labute approximate surface area is 112 Å². The lowest BCUT2D eigenvalue weighted by atomic mass is 9.91. The van der Waals surface area contributed by atoms with Crippen LogP contribution in [0.4, 0.5) is 0 Å². The molecule has 0 bridgehead atoms. The molecular weight excluding hydrogens is 251 g/mol. The summed E-state index contributed by atoms with van der Waals surface area (Å²) in [6.45, 7) is 3.89. The fourth-order valence-corrected chi connectivity index (χ4v) is 2.14. The maximum Gasteiger partial charge on any atom is 0.0595 e. The van der Waals surface area contributed by atoms with E-state index < -0.39 is 0 Å². The summed E-state index contributed by atoms with van der Waals surface area (Å²) in [5.41, 5.74) is 2.29. The molecule has 0 nitrogen and oxygen atoms in total. The van der Waals surface area contributed by atoms with E-state index in [0.29, 0.717) is 10.0 Å². The number of rotatable bonds is 3. The maximum absolute atomic E-state index is 6.04. The lowest BCUT2D eigenvalue weighted by Crippen LogP contribution is -1.97. The molecule has 0 spiro atoms. The third-order valence-electron chi connectivity index (χ3n) is 2.70. The number of benzene rings is 2. The molecule has 0 aliphatic carbocycles. The molecule has 0 heterocycles. The van der Waals surface area contributed by atoms with Crippen molar-refractivity contribution in [2.75, 3.05) is 0 Å². The Morgan fingerprint density at radius 3 is 2.18 bits per heavy atom. The van der Waals surface area contributed by atoms with Crippen LogP contribution in [0.3, 0.4) is 0 Å². The first-order chi connectivity index (χ1) is 8.22. The third kappa shape index (κ3) is 2.71. The highest BCUT2D eigenvalue weighted by atomic mass is 35.5. The van der Waals surface area contributed by atoms with Crippen molar-refractivity contribution in [1.29, 1.82) is 0 Å². The van der Waals surface area contributed by atoms with Crippen molar-refractivity contribution in [1.82, 2.24) is 0 Å². The van der Waals surface area contributed by atoms with Gasteiger partial charge in [-0.2, -0.15) is 0 Å². The van der Waals surface area contributed by atoms with E-state index in [1.807, 2.05) is 42.5 Å². The molecule has 0 aliphatic rings. The minimum atomic E-state index is 0.144. The van der Waals surface area contributed by atoms with Crippen LogP contribution in [0.1, 0.15) is 17.0 Å². The van der Waals surface area contributed by atoms with Crippen molar-refractivity contribution < 1.29 is 0 Å². The third-order valence-corrected chi connectivity index (χ3v) is 3.44. The van der Waals surface area contributed by atoms with Crippen LogP contribution in [-0.2, 0) is 0 Å². The zero-order valence-corrected chi connectivity index (χ0v) is 10.7. The van der Waals surface area contributed by atoms with Gasteiger partial charge in [-0.3, -0.25) is 0 Å². The molecule has 0 aliphatic heterocycles. The zero-order chi connectivity index (χ0) is 12.3. The molecule has 17 heavy (non-hydrogen) atoms. The summed E-state index contributed by atoms with van der Waals surface area (Å²) in [5.74, 6) is 0.144. The molecule has 0 unspecified atom stereocenters. The van der Waals surface area contributed by atoms with Gasteiger partial charge in [0.15, 0.2) is 0 Å². The second-order valence-corrected chi connectivity index (χ2v) is 4.61. The lowest BCUT2D eigenvalue weighted by molar-refractivity contribution is 1.03. The van der Waals surface area contributed by atoms with Gasteiger partial charge in [-0.15, -0.1) is 6.58 Å². The normalized spacial score (nSPS) is 12.1. The SMILES string of the molecule is C=C[C@@H](c1ccccc1)c1ccc(Cl)c(Cl)c1. The van der Waals surface area contributed by atoms with Crippen molar-refractivity contribution in [3.8, 4) is 0 Å². The highest BCUT2D eigenvalue weighted by Gasteiger charge is 2.11. The molecule has 1 atom stereocenters. The largest absolute Gasteiger partial charge is 0.102 e. The quantitative estimate of drug-likeness (QED) is 0.658. The van der Waals surface area contributed by atoms with Crippen LogP contribution < -0.4 is 0 Å². The Morgan fingerprint density at radius 1 is 0.882 bits per heavy atom. The molecule has 2 rings (SSSR count). The topological polar surface area (TPSA) is 0 Å². The molecule has 0 saturated heterocycles. The van der Waals surface area contributed by atoms with Gasteiger partial charge in [0.1, 0.15) is 0 Å². The molecule has 2 aromatic rings. The number of allylic oxidation sites excluding steroid dienone is 1. The monoisotopic (exact) mass is 262 g/mol. The van der Waals surface area contributed by atoms with Crippen LogP contribution in [-0.4, -0.2) is 0 Å². The second kappa shape index (κ2) is 5.39. The molecule has 0 fully saturated rings. The first-order valence-corrected chi connectivity index (χ1v) is 6.10. The Bertz CT molecular complexity index is 518. The van der Waals surface area contributed by atoms with Crippen molar-refractivity contribution in [2.45, 2.75) is 5.92 Å². The summed E-state index contributed by atoms with van der Waals surface area (Å²) >= 11 is 12.0. The minimum Gasteiger partial charge on any atom is -0.102 e. The Kier molecular flexibility index (Phi) is 3.88. The van der Waals surface area contributed by atoms with Crippen LogP contribution in [0.5, 0.6) is 0 Å². The first kappa shape index (κ1) is 12.2. The van der Waals surface area contributed by atoms with Crippen molar-refractivity contribution in [2.24, 2.45) is 0 Å². The van der Waals surface area contributed by atoms with Gasteiger partial charge in [-0.05, 0) is 23.3 Å². The van der Waals surface area contributed by atoms with Gasteiger partial charge >= 0.3 is 0 Å². The molecule has 0 amide bonds. The van der Waals surface area contributed by atoms with Gasteiger partial charge < -0.3 is 0 Å². The van der Waals surface area contributed by atoms with Gasteiger partial charge in [-0.25, -0.2) is 0 Å². The maximum atomic E-state index is 6.04. The van der Waals surface area contributed by atoms with E-state index in [0.717, 1.165) is 5.56 Å². The predicted octanol–water partition coefficient (Wildman–Crippen LogP) is 5.31. The smallest absolute Gasteiger partial charge is 0.0595 e. The highest BCUT2D eigenvalue weighted by Crippen LogP contribution is 2.30. The van der Waals surface area contributed by atoms with E-state index in [4.69, 9.17) is 23.2 Å². The Hall–Kier alpha value is -1.24. The molecular formula is C15H12Cl2. The molecule has 2 aromatic carbocycles. The molecule has 0 saturated carbocycles. The van der Waals surface area contributed by atoms with E-state index in [9.17, 15) is 0 Å². The molecule has 0 N–H and O–H groups in total. The van der Waals surface area contributed by atoms with Crippen LogP contribution >= 0.6 is 23.2 Å². The second-order valence-electron chi connectivity index (χ2n) is 3.80. The van der Waals surface area contributed by atoms with Crippen molar-refractivity contribution in [3.63, 3.8) is 0 Å². The molecule has 86 valence electrons. The van der Waals surface area contributed by atoms with E-state index in [2.05, 4.69) is 18.7 Å². The molecule has 0 aromatic heterocycles. The summed E-state index contributed by atoms with van der Waals surface area (Å²) in [7, 11) is 0. The summed E-state index contributed by atoms with van der Waals surface area (Å²) in [4.78, 5) is 0. The number of hydrogen-bond donors (Lipinski definition) is 0. The average Bonchev–Trinajstić information content (AvgIpc) is 2.36. The summed E-state index contributed by atoms with van der Waals surface area (Å²) in [6, 6.07) is 15.9. The highest BCUT2D eigenvalue weighted by molar-refractivity contribution is 6.42. The number of halogens is 2. The summed E-state index contributed by atoms with van der Waals surface area (Å²) in [6.07, 6.45) is 1.91. The van der Waals surface area contributed by atoms with Gasteiger partial charge in [0.05, 0.1) is 10.0 Å². The van der Waals surface area contributed by atoms with Crippen LogP contribution in [0.15, 0.2) is 61.2 Å². The first-order valence-electron chi connectivity index (χ1n) is 5.35. The molecule has 2 heteroatoms. The Morgan fingerprint density at radius 2 is 1.59 bits per heavy atom. The van der Waals surface area contributed by atoms with E-state index in [1.54, 1.807) is 0 Å². The van der Waals surface area contributed by atoms with E-state index in [1.165, 1.54) is 5.56 Å². The van der Waals surface area contributed by atoms with Crippen LogP contribution in [0.2, 0.25) is 10.0 Å². The van der Waals surface area contributed by atoms with Crippen LogP contribution in [0, 0.1) is 0 Å². The van der Waals surface area contributed by atoms with Gasteiger partial charge in [0.25, 0.3) is 0 Å².